The molecule has 1 aromatic carbocycles. The minimum absolute atomic E-state index is 0.0331. The standard InChI is InChI=1S/C14H11N3O/c15-10-3-1-9(2-4-10)14(18)12-8-17-13-5-6-16-7-11(12)13/h1-8,17H,15H2. The lowest BCUT2D eigenvalue weighted by atomic mass is 10.0. The Bertz CT molecular complexity index is 713. The number of nitrogens with one attached hydrogen (secondary N) is 1. The van der Waals surface area contributed by atoms with Gasteiger partial charge >= 0.3 is 0 Å². The molecule has 18 heavy (non-hydrogen) atoms. The maximum atomic E-state index is 12.3. The minimum atomic E-state index is -0.0331. The zero-order valence-corrected chi connectivity index (χ0v) is 9.55. The van der Waals surface area contributed by atoms with Crippen LogP contribution in [0.1, 0.15) is 15.9 Å². The van der Waals surface area contributed by atoms with Crippen molar-refractivity contribution < 1.29 is 4.79 Å². The Morgan fingerprint density at radius 1 is 1.17 bits per heavy atom. The van der Waals surface area contributed by atoms with Crippen LogP contribution in [-0.4, -0.2) is 15.8 Å². The molecule has 3 rings (SSSR count). The van der Waals surface area contributed by atoms with Crippen molar-refractivity contribution in [2.24, 2.45) is 0 Å². The van der Waals surface area contributed by atoms with Gasteiger partial charge < -0.3 is 10.7 Å². The van der Waals surface area contributed by atoms with E-state index in [1.807, 2.05) is 6.07 Å². The monoisotopic (exact) mass is 237 g/mol. The normalized spacial score (nSPS) is 10.7. The molecule has 4 heteroatoms. The Morgan fingerprint density at radius 3 is 2.72 bits per heavy atom. The van der Waals surface area contributed by atoms with E-state index >= 15 is 0 Å². The van der Waals surface area contributed by atoms with Crippen LogP contribution < -0.4 is 5.73 Å². The smallest absolute Gasteiger partial charge is 0.195 e. The van der Waals surface area contributed by atoms with Crippen LogP contribution >= 0.6 is 0 Å². The first-order valence-electron chi connectivity index (χ1n) is 5.57. The lowest BCUT2D eigenvalue weighted by Crippen LogP contribution is -2.00. The summed E-state index contributed by atoms with van der Waals surface area (Å²) in [6, 6.07) is 8.75. The summed E-state index contributed by atoms with van der Waals surface area (Å²) in [5.41, 5.74) is 8.41. The molecule has 0 bridgehead atoms. The molecule has 2 aromatic heterocycles. The molecule has 2 heterocycles. The maximum Gasteiger partial charge on any atom is 0.195 e. The van der Waals surface area contributed by atoms with E-state index in [4.69, 9.17) is 5.73 Å². The summed E-state index contributed by atoms with van der Waals surface area (Å²) in [4.78, 5) is 19.5. The van der Waals surface area contributed by atoms with Gasteiger partial charge in [-0.15, -0.1) is 0 Å². The van der Waals surface area contributed by atoms with Crippen LogP contribution in [0.3, 0.4) is 0 Å². The van der Waals surface area contributed by atoms with Crippen LogP contribution in [0.5, 0.6) is 0 Å². The number of hydrogen-bond donors (Lipinski definition) is 2. The molecule has 0 radical (unpaired) electrons. The molecule has 3 aromatic rings. The second-order valence-electron chi connectivity index (χ2n) is 4.07. The van der Waals surface area contributed by atoms with Gasteiger partial charge in [0.1, 0.15) is 0 Å². The number of anilines is 1. The highest BCUT2D eigenvalue weighted by molar-refractivity contribution is 6.16. The number of benzene rings is 1. The number of carbonyl (C=O) groups is 1. The molecule has 0 saturated heterocycles. The van der Waals surface area contributed by atoms with Crippen LogP contribution in [0.2, 0.25) is 0 Å². The van der Waals surface area contributed by atoms with E-state index in [-0.39, 0.29) is 5.78 Å². The third-order valence-electron chi connectivity index (χ3n) is 2.90. The number of nitrogen functional groups attached to an aromatic ring is 1. The zero-order valence-electron chi connectivity index (χ0n) is 9.55. The highest BCUT2D eigenvalue weighted by Crippen LogP contribution is 2.20. The number of aromatic amines is 1. The number of rotatable bonds is 2. The van der Waals surface area contributed by atoms with Crippen molar-refractivity contribution in [1.82, 2.24) is 9.97 Å². The van der Waals surface area contributed by atoms with Gasteiger partial charge in [0.25, 0.3) is 0 Å². The lowest BCUT2D eigenvalue weighted by molar-refractivity contribution is 0.104. The van der Waals surface area contributed by atoms with E-state index in [0.717, 1.165) is 10.9 Å². The van der Waals surface area contributed by atoms with Crippen molar-refractivity contribution in [2.45, 2.75) is 0 Å². The quantitative estimate of drug-likeness (QED) is 0.531. The number of carbonyl (C=O) groups excluding carboxylic acids is 1. The molecule has 0 unspecified atom stereocenters. The molecule has 3 N–H and O–H groups in total. The molecule has 88 valence electrons. The molecule has 0 aliphatic heterocycles. The molecule has 4 nitrogen and oxygen atoms in total. The van der Waals surface area contributed by atoms with E-state index in [1.165, 1.54) is 0 Å². The number of nitrogens with zero attached hydrogens (tertiary/aromatic N) is 1. The van der Waals surface area contributed by atoms with Gasteiger partial charge in [-0.3, -0.25) is 9.78 Å². The van der Waals surface area contributed by atoms with Crippen LogP contribution in [0.15, 0.2) is 48.9 Å². The predicted molar refractivity (Wildman–Crippen MR) is 70.4 cm³/mol. The van der Waals surface area contributed by atoms with Crippen molar-refractivity contribution in [3.63, 3.8) is 0 Å². The average molecular weight is 237 g/mol. The number of hydrogen-bond acceptors (Lipinski definition) is 3. The number of pyridine rings is 1. The van der Waals surface area contributed by atoms with Crippen molar-refractivity contribution in [2.75, 3.05) is 5.73 Å². The molecule has 0 amide bonds. The minimum Gasteiger partial charge on any atom is -0.399 e. The fourth-order valence-electron chi connectivity index (χ4n) is 1.94. The first kappa shape index (κ1) is 10.5. The van der Waals surface area contributed by atoms with Crippen molar-refractivity contribution >= 4 is 22.4 Å². The Hall–Kier alpha value is -2.62. The molecule has 0 fully saturated rings. The molecule has 0 saturated carbocycles. The number of nitrogens with two attached hydrogens (primary N) is 1. The Morgan fingerprint density at radius 2 is 1.94 bits per heavy atom. The highest BCUT2D eigenvalue weighted by Gasteiger charge is 2.13. The van der Waals surface area contributed by atoms with Crippen molar-refractivity contribution in [3.05, 3.63) is 60.0 Å². The van der Waals surface area contributed by atoms with Gasteiger partial charge in [-0.1, -0.05) is 0 Å². The largest absolute Gasteiger partial charge is 0.399 e. The Balaban J connectivity index is 2.09. The van der Waals surface area contributed by atoms with Gasteiger partial charge in [0.05, 0.1) is 0 Å². The van der Waals surface area contributed by atoms with E-state index in [2.05, 4.69) is 9.97 Å². The molecular weight excluding hydrogens is 226 g/mol. The topological polar surface area (TPSA) is 71.8 Å². The van der Waals surface area contributed by atoms with Gasteiger partial charge in [0.15, 0.2) is 5.78 Å². The number of fused-ring (bicyclic) bond motifs is 1. The molecule has 0 spiro atoms. The van der Waals surface area contributed by atoms with Gasteiger partial charge in [-0.25, -0.2) is 0 Å². The Labute approximate surface area is 103 Å². The van der Waals surface area contributed by atoms with Crippen LogP contribution in [0.4, 0.5) is 5.69 Å². The Kier molecular flexibility index (Phi) is 2.34. The first-order valence-corrected chi connectivity index (χ1v) is 5.57. The second-order valence-corrected chi connectivity index (χ2v) is 4.07. The van der Waals surface area contributed by atoms with Gasteiger partial charge in [0.2, 0.25) is 0 Å². The SMILES string of the molecule is Nc1ccc(C(=O)c2c[nH]c3ccncc23)cc1. The number of aromatic nitrogens is 2. The number of H-pyrrole nitrogens is 1. The summed E-state index contributed by atoms with van der Waals surface area (Å²) < 4.78 is 0. The van der Waals surface area contributed by atoms with Crippen LogP contribution in [0, 0.1) is 0 Å². The predicted octanol–water partition coefficient (Wildman–Crippen LogP) is 2.38. The van der Waals surface area contributed by atoms with E-state index in [9.17, 15) is 4.79 Å². The van der Waals surface area contributed by atoms with E-state index in [1.54, 1.807) is 42.9 Å². The summed E-state index contributed by atoms with van der Waals surface area (Å²) in [5.74, 6) is -0.0331. The third kappa shape index (κ3) is 1.64. The lowest BCUT2D eigenvalue weighted by Gasteiger charge is -2.00. The summed E-state index contributed by atoms with van der Waals surface area (Å²) in [6.07, 6.45) is 5.09. The first-order chi connectivity index (χ1) is 8.75. The number of ketones is 1. The molecular formula is C14H11N3O. The zero-order chi connectivity index (χ0) is 12.5. The fraction of sp³-hybridized carbons (Fsp3) is 0. The van der Waals surface area contributed by atoms with Crippen LogP contribution in [-0.2, 0) is 0 Å². The van der Waals surface area contributed by atoms with Gasteiger partial charge in [-0.2, -0.15) is 0 Å². The highest BCUT2D eigenvalue weighted by atomic mass is 16.1. The summed E-state index contributed by atoms with van der Waals surface area (Å²) >= 11 is 0. The summed E-state index contributed by atoms with van der Waals surface area (Å²) in [5, 5.41) is 0.833. The summed E-state index contributed by atoms with van der Waals surface area (Å²) in [6.45, 7) is 0. The van der Waals surface area contributed by atoms with Gasteiger partial charge in [0, 0.05) is 46.3 Å². The fourth-order valence-corrected chi connectivity index (χ4v) is 1.94. The van der Waals surface area contributed by atoms with Crippen LogP contribution in [0.25, 0.3) is 10.9 Å². The molecule has 0 aliphatic rings. The average Bonchev–Trinajstić information content (AvgIpc) is 2.82. The summed E-state index contributed by atoms with van der Waals surface area (Å²) in [7, 11) is 0. The van der Waals surface area contributed by atoms with E-state index < -0.39 is 0 Å². The van der Waals surface area contributed by atoms with Crippen molar-refractivity contribution in [1.29, 1.82) is 0 Å². The van der Waals surface area contributed by atoms with Gasteiger partial charge in [-0.05, 0) is 30.3 Å². The second kappa shape index (κ2) is 4.00. The maximum absolute atomic E-state index is 12.3. The van der Waals surface area contributed by atoms with Crippen molar-refractivity contribution in [3.8, 4) is 0 Å². The third-order valence-corrected chi connectivity index (χ3v) is 2.90. The molecule has 0 aliphatic carbocycles. The van der Waals surface area contributed by atoms with E-state index in [0.29, 0.717) is 16.8 Å². The molecule has 0 atom stereocenters.